The lowest BCUT2D eigenvalue weighted by molar-refractivity contribution is -0.150. The van der Waals surface area contributed by atoms with Crippen molar-refractivity contribution in [3.8, 4) is 0 Å². The maximum atomic E-state index is 12.1. The minimum Gasteiger partial charge on any atom is -0.481 e. The number of hydrogen-bond acceptors (Lipinski definition) is 3. The number of nitrogens with zero attached hydrogens (tertiary/aromatic N) is 1. The summed E-state index contributed by atoms with van der Waals surface area (Å²) in [5, 5.41) is 11.9. The van der Waals surface area contributed by atoms with Gasteiger partial charge in [0.1, 0.15) is 5.69 Å². The first-order valence-electron chi connectivity index (χ1n) is 5.75. The Hall–Kier alpha value is -1.43. The second-order valence-electron chi connectivity index (χ2n) is 5.37. The van der Waals surface area contributed by atoms with Crippen molar-refractivity contribution in [2.45, 2.75) is 33.2 Å². The fourth-order valence-electron chi connectivity index (χ4n) is 1.28. The van der Waals surface area contributed by atoms with Gasteiger partial charge in [-0.2, -0.15) is 0 Å². The van der Waals surface area contributed by atoms with Crippen LogP contribution in [0.2, 0.25) is 0 Å². The Morgan fingerprint density at radius 2 is 1.84 bits per heavy atom. The first kappa shape index (κ1) is 15.6. The number of hydrogen-bond donors (Lipinski definition) is 2. The van der Waals surface area contributed by atoms with Crippen molar-refractivity contribution >= 4 is 27.8 Å². The molecule has 0 aliphatic rings. The molecule has 1 heterocycles. The van der Waals surface area contributed by atoms with E-state index in [2.05, 4.69) is 26.2 Å². The van der Waals surface area contributed by atoms with Gasteiger partial charge in [0.25, 0.3) is 5.91 Å². The summed E-state index contributed by atoms with van der Waals surface area (Å²) in [4.78, 5) is 27.3. The van der Waals surface area contributed by atoms with Gasteiger partial charge in [0.15, 0.2) is 0 Å². The Bertz CT molecular complexity index is 495. The molecule has 0 spiro atoms. The highest BCUT2D eigenvalue weighted by molar-refractivity contribution is 9.10. The van der Waals surface area contributed by atoms with Crippen molar-refractivity contribution in [1.29, 1.82) is 0 Å². The first-order valence-corrected chi connectivity index (χ1v) is 6.55. The van der Waals surface area contributed by atoms with Crippen molar-refractivity contribution in [1.82, 2.24) is 10.3 Å². The number of carboxylic acid groups (broad SMARTS) is 1. The quantitative estimate of drug-likeness (QED) is 0.889. The van der Waals surface area contributed by atoms with Crippen LogP contribution in [0, 0.1) is 5.41 Å². The molecule has 0 aliphatic heterocycles. The molecule has 0 aromatic carbocycles. The third kappa shape index (κ3) is 3.32. The monoisotopic (exact) mass is 328 g/mol. The molecule has 0 unspecified atom stereocenters. The molecule has 0 fully saturated rings. The Morgan fingerprint density at radius 1 is 1.26 bits per heavy atom. The lowest BCUT2D eigenvalue weighted by atomic mass is 9.74. The van der Waals surface area contributed by atoms with Crippen LogP contribution in [0.4, 0.5) is 0 Å². The van der Waals surface area contributed by atoms with Crippen LogP contribution in [0.25, 0.3) is 0 Å². The summed E-state index contributed by atoms with van der Waals surface area (Å²) in [5.74, 6) is -1.37. The van der Waals surface area contributed by atoms with E-state index in [-0.39, 0.29) is 5.69 Å². The summed E-state index contributed by atoms with van der Waals surface area (Å²) in [6.07, 6.45) is 1.52. The molecule has 0 bridgehead atoms. The van der Waals surface area contributed by atoms with Gasteiger partial charge in [-0.1, -0.05) is 0 Å². The summed E-state index contributed by atoms with van der Waals surface area (Å²) in [5.41, 5.74) is -1.76. The standard InChI is InChI=1S/C13H17BrN2O3/c1-12(2,11(18)19)13(3,4)16-10(17)9-6-5-8(14)7-15-9/h5-7H,1-4H3,(H,16,17)(H,18,19). The number of halogens is 1. The Morgan fingerprint density at radius 3 is 2.26 bits per heavy atom. The van der Waals surface area contributed by atoms with Crippen LogP contribution in [0.3, 0.4) is 0 Å². The third-order valence-electron chi connectivity index (χ3n) is 3.48. The minimum atomic E-state index is -1.10. The molecule has 5 nitrogen and oxygen atoms in total. The molecular weight excluding hydrogens is 312 g/mol. The van der Waals surface area contributed by atoms with Crippen LogP contribution in [0.5, 0.6) is 0 Å². The molecule has 6 heteroatoms. The Kier molecular flexibility index (Phi) is 4.35. The van der Waals surface area contributed by atoms with Crippen molar-refractivity contribution < 1.29 is 14.7 Å². The molecule has 104 valence electrons. The van der Waals surface area contributed by atoms with Crippen LogP contribution in [0.15, 0.2) is 22.8 Å². The highest BCUT2D eigenvalue weighted by atomic mass is 79.9. The molecule has 19 heavy (non-hydrogen) atoms. The van der Waals surface area contributed by atoms with Crippen LogP contribution >= 0.6 is 15.9 Å². The number of rotatable bonds is 4. The maximum Gasteiger partial charge on any atom is 0.311 e. The van der Waals surface area contributed by atoms with E-state index >= 15 is 0 Å². The summed E-state index contributed by atoms with van der Waals surface area (Å²) in [7, 11) is 0. The molecule has 0 atom stereocenters. The number of amides is 1. The molecule has 2 N–H and O–H groups in total. The molecule has 0 aliphatic carbocycles. The van der Waals surface area contributed by atoms with E-state index in [4.69, 9.17) is 0 Å². The minimum absolute atomic E-state index is 0.248. The number of carboxylic acids is 1. The zero-order valence-corrected chi connectivity index (χ0v) is 12.9. The molecular formula is C13H17BrN2O3. The van der Waals surface area contributed by atoms with Crippen molar-refractivity contribution in [2.75, 3.05) is 0 Å². The average molecular weight is 329 g/mol. The largest absolute Gasteiger partial charge is 0.481 e. The molecule has 1 amide bonds. The van der Waals surface area contributed by atoms with Gasteiger partial charge < -0.3 is 10.4 Å². The van der Waals surface area contributed by atoms with Crippen LogP contribution in [-0.2, 0) is 4.79 Å². The van der Waals surface area contributed by atoms with E-state index in [9.17, 15) is 14.7 Å². The number of aliphatic carboxylic acids is 1. The summed E-state index contributed by atoms with van der Waals surface area (Å²) in [6.45, 7) is 6.50. The SMILES string of the molecule is CC(C)(NC(=O)c1ccc(Br)cn1)C(C)(C)C(=O)O. The normalized spacial score (nSPS) is 12.1. The number of carbonyl (C=O) groups is 2. The lowest BCUT2D eigenvalue weighted by Crippen LogP contribution is -2.57. The van der Waals surface area contributed by atoms with E-state index in [1.165, 1.54) is 6.20 Å². The fourth-order valence-corrected chi connectivity index (χ4v) is 1.52. The van der Waals surface area contributed by atoms with Crippen molar-refractivity contribution in [2.24, 2.45) is 5.41 Å². The van der Waals surface area contributed by atoms with Gasteiger partial charge >= 0.3 is 5.97 Å². The van der Waals surface area contributed by atoms with Gasteiger partial charge in [-0.3, -0.25) is 9.59 Å². The maximum absolute atomic E-state index is 12.1. The summed E-state index contributed by atoms with van der Waals surface area (Å²) < 4.78 is 0.772. The predicted molar refractivity (Wildman–Crippen MR) is 74.9 cm³/mol. The van der Waals surface area contributed by atoms with Gasteiger partial charge in [0.05, 0.1) is 11.0 Å². The molecule has 0 saturated carbocycles. The first-order chi connectivity index (χ1) is 8.58. The van der Waals surface area contributed by atoms with Gasteiger partial charge in [-0.25, -0.2) is 4.98 Å². The second kappa shape index (κ2) is 5.28. The number of aromatic nitrogens is 1. The van der Waals surface area contributed by atoms with Gasteiger partial charge in [-0.15, -0.1) is 0 Å². The Balaban J connectivity index is 2.92. The second-order valence-corrected chi connectivity index (χ2v) is 6.29. The van der Waals surface area contributed by atoms with Crippen LogP contribution < -0.4 is 5.32 Å². The van der Waals surface area contributed by atoms with E-state index in [0.717, 1.165) is 4.47 Å². The predicted octanol–water partition coefficient (Wildman–Crippen LogP) is 2.46. The van der Waals surface area contributed by atoms with E-state index in [0.29, 0.717) is 0 Å². The Labute approximate surface area is 120 Å². The molecule has 0 saturated heterocycles. The number of nitrogens with one attached hydrogen (secondary N) is 1. The van der Waals surface area contributed by atoms with Crippen LogP contribution in [-0.4, -0.2) is 27.5 Å². The van der Waals surface area contributed by atoms with E-state index < -0.39 is 22.8 Å². The van der Waals surface area contributed by atoms with Gasteiger partial charge in [0, 0.05) is 10.7 Å². The zero-order chi connectivity index (χ0) is 14.8. The highest BCUT2D eigenvalue weighted by Gasteiger charge is 2.44. The molecule has 1 rings (SSSR count). The van der Waals surface area contributed by atoms with Crippen molar-refractivity contribution in [3.05, 3.63) is 28.5 Å². The zero-order valence-electron chi connectivity index (χ0n) is 11.3. The van der Waals surface area contributed by atoms with Crippen LogP contribution in [0.1, 0.15) is 38.2 Å². The van der Waals surface area contributed by atoms with E-state index in [1.54, 1.807) is 39.8 Å². The number of carbonyl (C=O) groups excluding carboxylic acids is 1. The summed E-state index contributed by atoms with van der Waals surface area (Å²) in [6, 6.07) is 3.28. The van der Waals surface area contributed by atoms with E-state index in [1.807, 2.05) is 0 Å². The van der Waals surface area contributed by atoms with Gasteiger partial charge in [0.2, 0.25) is 0 Å². The van der Waals surface area contributed by atoms with Gasteiger partial charge in [-0.05, 0) is 55.8 Å². The lowest BCUT2D eigenvalue weighted by Gasteiger charge is -2.38. The average Bonchev–Trinajstić information content (AvgIpc) is 2.28. The molecule has 1 aromatic rings. The van der Waals surface area contributed by atoms with Crippen molar-refractivity contribution in [3.63, 3.8) is 0 Å². The molecule has 0 radical (unpaired) electrons. The summed E-state index contributed by atoms with van der Waals surface area (Å²) >= 11 is 3.23. The topological polar surface area (TPSA) is 79.3 Å². The highest BCUT2D eigenvalue weighted by Crippen LogP contribution is 2.30. The molecule has 1 aromatic heterocycles. The number of pyridine rings is 1. The third-order valence-corrected chi connectivity index (χ3v) is 3.95. The fraction of sp³-hybridized carbons (Fsp3) is 0.462. The smallest absolute Gasteiger partial charge is 0.311 e.